The predicted molar refractivity (Wildman–Crippen MR) is 108 cm³/mol. The summed E-state index contributed by atoms with van der Waals surface area (Å²) < 4.78 is 14.4. The molecule has 1 fully saturated rings. The number of hydrogen-bond acceptors (Lipinski definition) is 5. The monoisotopic (exact) mass is 401 g/mol. The molecule has 0 radical (unpaired) electrons. The zero-order valence-corrected chi connectivity index (χ0v) is 16.0. The molecular weight excluding hydrogens is 381 g/mol. The molecule has 3 aromatic heterocycles. The van der Waals surface area contributed by atoms with E-state index in [1.165, 1.54) is 0 Å². The van der Waals surface area contributed by atoms with Crippen LogP contribution in [0.4, 0.5) is 10.2 Å². The molecule has 3 N–H and O–H groups in total. The molecule has 2 atom stereocenters. The van der Waals surface area contributed by atoms with Crippen LogP contribution >= 0.6 is 11.6 Å². The van der Waals surface area contributed by atoms with E-state index in [4.69, 9.17) is 11.6 Å². The first-order chi connectivity index (χ1) is 13.5. The smallest absolute Gasteiger partial charge is 0.183 e. The van der Waals surface area contributed by atoms with E-state index in [0.29, 0.717) is 34.9 Å². The summed E-state index contributed by atoms with van der Waals surface area (Å²) in [5.74, 6) is -0.0313. The van der Waals surface area contributed by atoms with Gasteiger partial charge in [-0.3, -0.25) is 0 Å². The van der Waals surface area contributed by atoms with Gasteiger partial charge in [0.25, 0.3) is 0 Å². The molecule has 1 aliphatic carbocycles. The molecule has 1 saturated carbocycles. The van der Waals surface area contributed by atoms with E-state index in [2.05, 4.69) is 31.8 Å². The summed E-state index contributed by atoms with van der Waals surface area (Å²) in [6.07, 6.45) is 9.61. The minimum absolute atomic E-state index is 0.0740. The fourth-order valence-corrected chi connectivity index (χ4v) is 4.03. The van der Waals surface area contributed by atoms with Crippen LogP contribution in [0.5, 0.6) is 0 Å². The number of pyridine rings is 1. The number of aliphatic hydroxyl groups is 1. The third kappa shape index (κ3) is 3.72. The van der Waals surface area contributed by atoms with Gasteiger partial charge in [-0.2, -0.15) is 0 Å². The summed E-state index contributed by atoms with van der Waals surface area (Å²) in [4.78, 5) is 15.8. The van der Waals surface area contributed by atoms with Crippen LogP contribution in [-0.4, -0.2) is 36.7 Å². The molecule has 1 aliphatic rings. The van der Waals surface area contributed by atoms with Crippen LogP contribution in [0.15, 0.2) is 37.3 Å². The second-order valence-electron chi connectivity index (χ2n) is 7.30. The highest BCUT2D eigenvalue weighted by molar-refractivity contribution is 6.31. The van der Waals surface area contributed by atoms with Gasteiger partial charge < -0.3 is 15.4 Å². The fourth-order valence-electron chi connectivity index (χ4n) is 3.87. The van der Waals surface area contributed by atoms with Gasteiger partial charge in [-0.25, -0.2) is 19.3 Å². The van der Waals surface area contributed by atoms with Crippen LogP contribution < -0.4 is 5.32 Å². The molecule has 0 saturated heterocycles. The van der Waals surface area contributed by atoms with Gasteiger partial charge in [0, 0.05) is 29.4 Å². The van der Waals surface area contributed by atoms with Crippen LogP contribution in [0.2, 0.25) is 5.02 Å². The van der Waals surface area contributed by atoms with Gasteiger partial charge >= 0.3 is 0 Å². The summed E-state index contributed by atoms with van der Waals surface area (Å²) in [6.45, 7) is 3.72. The number of rotatable bonds is 5. The minimum atomic E-state index is -0.802. The van der Waals surface area contributed by atoms with E-state index in [0.717, 1.165) is 30.8 Å². The Morgan fingerprint density at radius 1 is 1.43 bits per heavy atom. The first-order valence-corrected chi connectivity index (χ1v) is 9.60. The zero-order chi connectivity index (χ0) is 19.7. The maximum absolute atomic E-state index is 14.4. The van der Waals surface area contributed by atoms with E-state index in [1.54, 1.807) is 24.5 Å². The maximum Gasteiger partial charge on any atom is 0.183 e. The van der Waals surface area contributed by atoms with Gasteiger partial charge in [0.05, 0.1) is 16.8 Å². The summed E-state index contributed by atoms with van der Waals surface area (Å²) in [6, 6.07) is 1.70. The summed E-state index contributed by atoms with van der Waals surface area (Å²) in [7, 11) is 0. The molecule has 0 bridgehead atoms. The largest absolute Gasteiger partial charge is 0.389 e. The number of H-pyrrole nitrogens is 1. The Hall–Kier alpha value is -2.51. The molecule has 6 nitrogen and oxygen atoms in total. The lowest BCUT2D eigenvalue weighted by Gasteiger charge is -2.36. The van der Waals surface area contributed by atoms with E-state index >= 15 is 0 Å². The number of aromatic nitrogens is 4. The SMILES string of the molecule is C=CC[C@]1(O)CCC[C@H](Nc2nc(-c3c[nH]c4ncc(Cl)cc34)ncc2F)C1. The van der Waals surface area contributed by atoms with E-state index in [1.807, 2.05) is 0 Å². The lowest BCUT2D eigenvalue weighted by atomic mass is 9.80. The Morgan fingerprint density at radius 3 is 3.11 bits per heavy atom. The van der Waals surface area contributed by atoms with Crippen molar-refractivity contribution in [2.24, 2.45) is 0 Å². The second kappa shape index (κ2) is 7.48. The van der Waals surface area contributed by atoms with E-state index in [-0.39, 0.29) is 11.9 Å². The number of anilines is 1. The Balaban J connectivity index is 1.62. The number of fused-ring (bicyclic) bond motifs is 1. The molecule has 0 unspecified atom stereocenters. The summed E-state index contributed by atoms with van der Waals surface area (Å²) >= 11 is 6.05. The molecule has 3 aromatic rings. The highest BCUT2D eigenvalue weighted by Gasteiger charge is 2.33. The Kier molecular flexibility index (Phi) is 5.03. The van der Waals surface area contributed by atoms with Crippen LogP contribution in [0, 0.1) is 5.82 Å². The average Bonchev–Trinajstić information content (AvgIpc) is 3.06. The summed E-state index contributed by atoms with van der Waals surface area (Å²) in [5, 5.41) is 15.1. The zero-order valence-electron chi connectivity index (χ0n) is 15.3. The summed E-state index contributed by atoms with van der Waals surface area (Å²) in [5.41, 5.74) is 0.548. The number of hydrogen-bond donors (Lipinski definition) is 3. The lowest BCUT2D eigenvalue weighted by molar-refractivity contribution is 0.00294. The van der Waals surface area contributed by atoms with Crippen molar-refractivity contribution in [3.8, 4) is 11.4 Å². The van der Waals surface area contributed by atoms with Crippen molar-refractivity contribution < 1.29 is 9.50 Å². The highest BCUT2D eigenvalue weighted by Crippen LogP contribution is 2.34. The minimum Gasteiger partial charge on any atom is -0.389 e. The molecule has 28 heavy (non-hydrogen) atoms. The molecule has 0 aromatic carbocycles. The first-order valence-electron chi connectivity index (χ1n) is 9.23. The van der Waals surface area contributed by atoms with Gasteiger partial charge in [-0.1, -0.05) is 17.7 Å². The molecule has 8 heteroatoms. The van der Waals surface area contributed by atoms with Crippen LogP contribution in [-0.2, 0) is 0 Å². The third-order valence-electron chi connectivity index (χ3n) is 5.17. The quantitative estimate of drug-likeness (QED) is 0.549. The first kappa shape index (κ1) is 18.8. The van der Waals surface area contributed by atoms with Crippen molar-refractivity contribution in [2.45, 2.75) is 43.7 Å². The fraction of sp³-hybridized carbons (Fsp3) is 0.350. The molecule has 4 rings (SSSR count). The Bertz CT molecular complexity index is 1020. The number of nitrogens with one attached hydrogen (secondary N) is 2. The van der Waals surface area contributed by atoms with Crippen LogP contribution in [0.25, 0.3) is 22.4 Å². The molecule has 3 heterocycles. The van der Waals surface area contributed by atoms with Crippen LogP contribution in [0.1, 0.15) is 32.1 Å². The van der Waals surface area contributed by atoms with Gasteiger partial charge in [-0.15, -0.1) is 6.58 Å². The highest BCUT2D eigenvalue weighted by atomic mass is 35.5. The molecular formula is C20H21ClFN5O. The average molecular weight is 402 g/mol. The van der Waals surface area contributed by atoms with Gasteiger partial charge in [0.1, 0.15) is 5.65 Å². The van der Waals surface area contributed by atoms with E-state index < -0.39 is 11.4 Å². The third-order valence-corrected chi connectivity index (χ3v) is 5.38. The van der Waals surface area contributed by atoms with Crippen molar-refractivity contribution >= 4 is 28.5 Å². The van der Waals surface area contributed by atoms with Crippen molar-refractivity contribution in [3.63, 3.8) is 0 Å². The molecule has 0 spiro atoms. The predicted octanol–water partition coefficient (Wildman–Crippen LogP) is 4.47. The Labute approximate surface area is 166 Å². The van der Waals surface area contributed by atoms with Crippen molar-refractivity contribution in [1.29, 1.82) is 0 Å². The van der Waals surface area contributed by atoms with Gasteiger partial charge in [0.15, 0.2) is 17.5 Å². The number of halogens is 2. The molecule has 146 valence electrons. The molecule has 0 aliphatic heterocycles. The van der Waals surface area contributed by atoms with Gasteiger partial charge in [-0.05, 0) is 38.2 Å². The topological polar surface area (TPSA) is 86.7 Å². The van der Waals surface area contributed by atoms with Crippen LogP contribution in [0.3, 0.4) is 0 Å². The lowest BCUT2D eigenvalue weighted by Crippen LogP contribution is -2.40. The second-order valence-corrected chi connectivity index (χ2v) is 7.73. The van der Waals surface area contributed by atoms with Crippen molar-refractivity contribution in [2.75, 3.05) is 5.32 Å². The normalized spacial score (nSPS) is 22.3. The van der Waals surface area contributed by atoms with Crippen molar-refractivity contribution in [3.05, 3.63) is 48.2 Å². The van der Waals surface area contributed by atoms with Gasteiger partial charge in [0.2, 0.25) is 0 Å². The van der Waals surface area contributed by atoms with E-state index in [9.17, 15) is 9.50 Å². The maximum atomic E-state index is 14.4. The number of aromatic amines is 1. The molecule has 0 amide bonds. The standard InChI is InChI=1S/C20H21ClFN5O/c1-2-5-20(28)6-3-4-13(8-20)26-19-16(22)11-25-18(27-19)15-10-24-17-14(15)7-12(21)9-23-17/h2,7,9-11,13,28H,1,3-6,8H2,(H,23,24)(H,25,26,27)/t13-,20-/m0/s1. The Morgan fingerprint density at radius 2 is 2.29 bits per heavy atom. The van der Waals surface area contributed by atoms with Crippen molar-refractivity contribution in [1.82, 2.24) is 19.9 Å². The number of nitrogens with zero attached hydrogens (tertiary/aromatic N) is 3.